The van der Waals surface area contributed by atoms with Crippen LogP contribution in [0.25, 0.3) is 0 Å². The topological polar surface area (TPSA) is 64.0 Å². The Hall–Kier alpha value is -2.09. The molecule has 3 aromatic rings. The van der Waals surface area contributed by atoms with Crippen molar-refractivity contribution >= 4 is 52.1 Å². The highest BCUT2D eigenvalue weighted by Gasteiger charge is 2.14. The van der Waals surface area contributed by atoms with Crippen molar-refractivity contribution in [3.05, 3.63) is 57.5 Å². The number of amides is 1. The number of halogens is 1. The zero-order valence-corrected chi connectivity index (χ0v) is 17.2. The van der Waals surface area contributed by atoms with Gasteiger partial charge in [0.2, 0.25) is 5.91 Å². The molecule has 27 heavy (non-hydrogen) atoms. The Bertz CT molecular complexity index is 981. The van der Waals surface area contributed by atoms with Crippen LogP contribution in [0.3, 0.4) is 0 Å². The van der Waals surface area contributed by atoms with Crippen molar-refractivity contribution in [2.45, 2.75) is 29.8 Å². The zero-order valence-electron chi connectivity index (χ0n) is 14.9. The van der Waals surface area contributed by atoms with Crippen LogP contribution in [-0.4, -0.2) is 21.2 Å². The standard InChI is InChI=1S/C19H18ClN3O2S2/c1-12-3-6-17(26-12)15(24)5-8-18(25)22-14-11-13(20)4-7-16(14)27-19-21-9-10-23(19)2/h3-4,6-7,9-11H,5,8H2,1-2H3,(H,22,25). The number of nitrogens with zero attached hydrogens (tertiary/aromatic N) is 2. The molecule has 3 rings (SSSR count). The summed E-state index contributed by atoms with van der Waals surface area (Å²) in [6, 6.07) is 9.03. The van der Waals surface area contributed by atoms with E-state index >= 15 is 0 Å². The fourth-order valence-corrected chi connectivity index (χ4v) is 4.26. The third kappa shape index (κ3) is 5.22. The van der Waals surface area contributed by atoms with Gasteiger partial charge in [0.05, 0.1) is 10.6 Å². The monoisotopic (exact) mass is 419 g/mol. The molecule has 0 aliphatic rings. The number of benzene rings is 1. The lowest BCUT2D eigenvalue weighted by atomic mass is 10.2. The highest BCUT2D eigenvalue weighted by atomic mass is 35.5. The van der Waals surface area contributed by atoms with Gasteiger partial charge >= 0.3 is 0 Å². The smallest absolute Gasteiger partial charge is 0.224 e. The number of aromatic nitrogens is 2. The van der Waals surface area contributed by atoms with Gasteiger partial charge in [0, 0.05) is 47.1 Å². The van der Waals surface area contributed by atoms with E-state index in [9.17, 15) is 9.59 Å². The number of ketones is 1. The number of nitrogens with one attached hydrogen (secondary N) is 1. The molecule has 0 fully saturated rings. The molecule has 1 aromatic carbocycles. The van der Waals surface area contributed by atoms with Crippen LogP contribution in [0.1, 0.15) is 27.4 Å². The van der Waals surface area contributed by atoms with Crippen LogP contribution in [0.5, 0.6) is 0 Å². The predicted molar refractivity (Wildman–Crippen MR) is 110 cm³/mol. The van der Waals surface area contributed by atoms with E-state index < -0.39 is 0 Å². The minimum atomic E-state index is -0.222. The molecule has 140 valence electrons. The van der Waals surface area contributed by atoms with Crippen molar-refractivity contribution in [3.8, 4) is 0 Å². The van der Waals surface area contributed by atoms with Gasteiger partial charge in [0.25, 0.3) is 0 Å². The van der Waals surface area contributed by atoms with Crippen LogP contribution in [-0.2, 0) is 11.8 Å². The number of aryl methyl sites for hydroxylation is 2. The number of imidazole rings is 1. The molecule has 2 aromatic heterocycles. The Morgan fingerprint density at radius 1 is 1.26 bits per heavy atom. The molecule has 1 amide bonds. The maximum Gasteiger partial charge on any atom is 0.224 e. The molecule has 0 aliphatic carbocycles. The number of Topliss-reactive ketones (excluding diaryl/α,β-unsaturated/α-hetero) is 1. The zero-order chi connectivity index (χ0) is 19.4. The lowest BCUT2D eigenvalue weighted by molar-refractivity contribution is -0.116. The summed E-state index contributed by atoms with van der Waals surface area (Å²) >= 11 is 8.97. The fourth-order valence-electron chi connectivity index (χ4n) is 2.38. The molecule has 0 atom stereocenters. The van der Waals surface area contributed by atoms with E-state index in [1.807, 2.05) is 36.9 Å². The van der Waals surface area contributed by atoms with Crippen molar-refractivity contribution in [1.82, 2.24) is 9.55 Å². The highest BCUT2D eigenvalue weighted by Crippen LogP contribution is 2.34. The first-order valence-electron chi connectivity index (χ1n) is 8.26. The van der Waals surface area contributed by atoms with Crippen LogP contribution in [0.2, 0.25) is 5.02 Å². The summed E-state index contributed by atoms with van der Waals surface area (Å²) in [5, 5.41) is 4.19. The summed E-state index contributed by atoms with van der Waals surface area (Å²) in [5.74, 6) is -0.238. The maximum atomic E-state index is 12.4. The van der Waals surface area contributed by atoms with Gasteiger partial charge in [-0.05, 0) is 49.0 Å². The SMILES string of the molecule is Cc1ccc(C(=O)CCC(=O)Nc2cc(Cl)ccc2Sc2nccn2C)s1. The van der Waals surface area contributed by atoms with Crippen molar-refractivity contribution in [3.63, 3.8) is 0 Å². The minimum absolute atomic E-state index is 0.0167. The molecule has 1 N–H and O–H groups in total. The molecule has 2 heterocycles. The van der Waals surface area contributed by atoms with Crippen molar-refractivity contribution in [2.75, 3.05) is 5.32 Å². The van der Waals surface area contributed by atoms with Crippen LogP contribution >= 0.6 is 34.7 Å². The number of carbonyl (C=O) groups is 2. The first kappa shape index (κ1) is 19.7. The molecule has 0 spiro atoms. The van der Waals surface area contributed by atoms with Crippen LogP contribution in [0.15, 0.2) is 52.8 Å². The lowest BCUT2D eigenvalue weighted by Gasteiger charge is -2.11. The van der Waals surface area contributed by atoms with Gasteiger partial charge in [-0.25, -0.2) is 4.98 Å². The molecule has 5 nitrogen and oxygen atoms in total. The van der Waals surface area contributed by atoms with E-state index in [1.165, 1.54) is 23.1 Å². The number of hydrogen-bond acceptors (Lipinski definition) is 5. The van der Waals surface area contributed by atoms with E-state index in [4.69, 9.17) is 11.6 Å². The average molecular weight is 420 g/mol. The van der Waals surface area contributed by atoms with Gasteiger partial charge in [0.1, 0.15) is 0 Å². The first-order valence-corrected chi connectivity index (χ1v) is 10.3. The predicted octanol–water partition coefficient (Wildman–Crippen LogP) is 5.20. The normalized spacial score (nSPS) is 10.8. The van der Waals surface area contributed by atoms with Gasteiger partial charge in [-0.3, -0.25) is 9.59 Å². The van der Waals surface area contributed by atoms with Crippen LogP contribution in [0, 0.1) is 6.92 Å². The number of carbonyl (C=O) groups excluding carboxylic acids is 2. The maximum absolute atomic E-state index is 12.4. The summed E-state index contributed by atoms with van der Waals surface area (Å²) in [4.78, 5) is 31.4. The van der Waals surface area contributed by atoms with Crippen molar-refractivity contribution in [2.24, 2.45) is 7.05 Å². The molecule has 8 heteroatoms. The van der Waals surface area contributed by atoms with Gasteiger partial charge in [-0.1, -0.05) is 11.6 Å². The van der Waals surface area contributed by atoms with Crippen LogP contribution < -0.4 is 5.32 Å². The molecule has 0 bridgehead atoms. The fraction of sp³-hybridized carbons (Fsp3) is 0.211. The molecule has 0 saturated carbocycles. The Morgan fingerprint density at radius 3 is 2.74 bits per heavy atom. The minimum Gasteiger partial charge on any atom is -0.329 e. The Kier molecular flexibility index (Phi) is 6.36. The molecule has 0 unspecified atom stereocenters. The van der Waals surface area contributed by atoms with Gasteiger partial charge in [-0.2, -0.15) is 0 Å². The third-order valence-corrected chi connectivity index (χ3v) is 6.22. The van der Waals surface area contributed by atoms with E-state index in [-0.39, 0.29) is 24.5 Å². The summed E-state index contributed by atoms with van der Waals surface area (Å²) in [6.07, 6.45) is 3.87. The van der Waals surface area contributed by atoms with Crippen molar-refractivity contribution < 1.29 is 9.59 Å². The Labute approximate surface area is 170 Å². The highest BCUT2D eigenvalue weighted by molar-refractivity contribution is 7.99. The summed E-state index contributed by atoms with van der Waals surface area (Å²) < 4.78 is 1.90. The quantitative estimate of drug-likeness (QED) is 0.535. The number of hydrogen-bond donors (Lipinski definition) is 1. The van der Waals surface area contributed by atoms with Crippen molar-refractivity contribution in [1.29, 1.82) is 0 Å². The number of rotatable bonds is 7. The average Bonchev–Trinajstić information content (AvgIpc) is 3.24. The summed E-state index contributed by atoms with van der Waals surface area (Å²) in [5.41, 5.74) is 0.611. The molecule has 0 aliphatic heterocycles. The summed E-state index contributed by atoms with van der Waals surface area (Å²) in [7, 11) is 1.90. The van der Waals surface area contributed by atoms with E-state index in [0.717, 1.165) is 14.9 Å². The van der Waals surface area contributed by atoms with Gasteiger partial charge < -0.3 is 9.88 Å². The van der Waals surface area contributed by atoms with Crippen LogP contribution in [0.4, 0.5) is 5.69 Å². The second kappa shape index (κ2) is 8.73. The largest absolute Gasteiger partial charge is 0.329 e. The lowest BCUT2D eigenvalue weighted by Crippen LogP contribution is -2.14. The summed E-state index contributed by atoms with van der Waals surface area (Å²) in [6.45, 7) is 1.95. The van der Waals surface area contributed by atoms with Gasteiger partial charge in [0.15, 0.2) is 10.9 Å². The number of thiophene rings is 1. The van der Waals surface area contributed by atoms with Gasteiger partial charge in [-0.15, -0.1) is 11.3 Å². The van der Waals surface area contributed by atoms with E-state index in [2.05, 4.69) is 10.3 Å². The Balaban J connectivity index is 1.65. The molecule has 0 saturated heterocycles. The molecule has 0 radical (unpaired) electrons. The Morgan fingerprint density at radius 2 is 2.07 bits per heavy atom. The molecular formula is C19H18ClN3O2S2. The van der Waals surface area contributed by atoms with E-state index in [0.29, 0.717) is 15.6 Å². The second-order valence-electron chi connectivity index (χ2n) is 5.94. The first-order chi connectivity index (χ1) is 12.9. The third-order valence-electron chi connectivity index (χ3n) is 3.79. The van der Waals surface area contributed by atoms with E-state index in [1.54, 1.807) is 24.4 Å². The number of anilines is 1. The second-order valence-corrected chi connectivity index (χ2v) is 8.68. The molecular weight excluding hydrogens is 402 g/mol.